The van der Waals surface area contributed by atoms with Crippen LogP contribution in [0.4, 0.5) is 0 Å². The average Bonchev–Trinajstić information content (AvgIpc) is 2.52. The molecular weight excluding hydrogens is 262 g/mol. The number of hydrogen-bond donors (Lipinski definition) is 1. The van der Waals surface area contributed by atoms with Gasteiger partial charge in [-0.25, -0.2) is 0 Å². The molecule has 0 radical (unpaired) electrons. The quantitative estimate of drug-likeness (QED) is 0.704. The molecule has 0 spiro atoms. The van der Waals surface area contributed by atoms with E-state index in [-0.39, 0.29) is 0 Å². The van der Waals surface area contributed by atoms with E-state index < -0.39 is 0 Å². The number of rotatable bonds is 9. The van der Waals surface area contributed by atoms with Crippen LogP contribution in [-0.2, 0) is 4.74 Å². The van der Waals surface area contributed by atoms with Gasteiger partial charge in [-0.15, -0.1) is 0 Å². The molecule has 0 amide bonds. The molecule has 1 N–H and O–H groups in total. The van der Waals surface area contributed by atoms with Gasteiger partial charge in [0.1, 0.15) is 5.75 Å². The second kappa shape index (κ2) is 9.80. The molecule has 3 nitrogen and oxygen atoms in total. The van der Waals surface area contributed by atoms with Crippen molar-refractivity contribution in [1.29, 1.82) is 0 Å². The normalized spacial score (nSPS) is 18.6. The Kier molecular flexibility index (Phi) is 7.61. The third-order valence-electron chi connectivity index (χ3n) is 4.06. The smallest absolute Gasteiger partial charge is 0.122 e. The summed E-state index contributed by atoms with van der Waals surface area (Å²) in [6.07, 6.45) is 7.29. The Balaban J connectivity index is 1.42. The summed E-state index contributed by atoms with van der Waals surface area (Å²) in [5.74, 6) is 1.00. The van der Waals surface area contributed by atoms with E-state index in [9.17, 15) is 0 Å². The van der Waals surface area contributed by atoms with Crippen molar-refractivity contribution in [2.75, 3.05) is 26.4 Å². The molecule has 0 bridgehead atoms. The van der Waals surface area contributed by atoms with Crippen molar-refractivity contribution in [2.24, 2.45) is 0 Å². The number of piperidine rings is 1. The third kappa shape index (κ3) is 6.49. The molecule has 3 heteroatoms. The van der Waals surface area contributed by atoms with Gasteiger partial charge in [-0.05, 0) is 57.2 Å². The van der Waals surface area contributed by atoms with Crippen LogP contribution >= 0.6 is 0 Å². The topological polar surface area (TPSA) is 30.5 Å². The summed E-state index contributed by atoms with van der Waals surface area (Å²) < 4.78 is 11.5. The number of hydrogen-bond acceptors (Lipinski definition) is 3. The molecule has 1 aromatic rings. The molecule has 1 aliphatic rings. The number of para-hydroxylation sites is 1. The van der Waals surface area contributed by atoms with E-state index in [1.807, 2.05) is 18.2 Å². The van der Waals surface area contributed by atoms with Crippen molar-refractivity contribution in [3.63, 3.8) is 0 Å². The first-order valence-electron chi connectivity index (χ1n) is 8.36. The number of aryl methyl sites for hydroxylation is 1. The molecule has 1 atom stereocenters. The largest absolute Gasteiger partial charge is 0.493 e. The maximum Gasteiger partial charge on any atom is 0.122 e. The lowest BCUT2D eigenvalue weighted by molar-refractivity contribution is 0.114. The summed E-state index contributed by atoms with van der Waals surface area (Å²) in [5.41, 5.74) is 1.20. The van der Waals surface area contributed by atoms with Crippen LogP contribution in [0.1, 0.15) is 44.1 Å². The first-order chi connectivity index (χ1) is 10.4. The molecule has 1 aromatic carbocycles. The van der Waals surface area contributed by atoms with E-state index in [2.05, 4.69) is 18.3 Å². The summed E-state index contributed by atoms with van der Waals surface area (Å²) in [4.78, 5) is 0. The standard InChI is InChI=1S/C18H29NO2/c1-16-8-2-3-10-18(16)21-14-7-6-13-20-15-11-17-9-4-5-12-19-17/h2-3,8,10,17,19H,4-7,9,11-15H2,1H3. The fourth-order valence-corrected chi connectivity index (χ4v) is 2.70. The minimum atomic E-state index is 0.683. The zero-order valence-corrected chi connectivity index (χ0v) is 13.3. The summed E-state index contributed by atoms with van der Waals surface area (Å²) in [6.45, 7) is 5.78. The van der Waals surface area contributed by atoms with Crippen molar-refractivity contribution in [3.05, 3.63) is 29.8 Å². The highest BCUT2D eigenvalue weighted by Gasteiger charge is 2.11. The minimum absolute atomic E-state index is 0.683. The number of benzene rings is 1. The number of unbranched alkanes of at least 4 members (excludes halogenated alkanes) is 1. The Hall–Kier alpha value is -1.06. The molecule has 1 aliphatic heterocycles. The van der Waals surface area contributed by atoms with Gasteiger partial charge in [-0.3, -0.25) is 0 Å². The van der Waals surface area contributed by atoms with E-state index in [1.54, 1.807) is 0 Å². The van der Waals surface area contributed by atoms with Gasteiger partial charge in [0.2, 0.25) is 0 Å². The predicted molar refractivity (Wildman–Crippen MR) is 87.0 cm³/mol. The number of nitrogens with one attached hydrogen (secondary N) is 1. The fraction of sp³-hybridized carbons (Fsp3) is 0.667. The molecule has 0 aromatic heterocycles. The van der Waals surface area contributed by atoms with E-state index in [0.717, 1.165) is 44.8 Å². The SMILES string of the molecule is Cc1ccccc1OCCCCOCCC1CCCCN1. The highest BCUT2D eigenvalue weighted by molar-refractivity contribution is 5.31. The molecule has 118 valence electrons. The number of ether oxygens (including phenoxy) is 2. The van der Waals surface area contributed by atoms with Crippen LogP contribution in [0.25, 0.3) is 0 Å². The van der Waals surface area contributed by atoms with Crippen molar-refractivity contribution in [3.8, 4) is 5.75 Å². The van der Waals surface area contributed by atoms with Gasteiger partial charge in [-0.1, -0.05) is 24.6 Å². The molecule has 1 heterocycles. The van der Waals surface area contributed by atoms with Gasteiger partial charge >= 0.3 is 0 Å². The third-order valence-corrected chi connectivity index (χ3v) is 4.06. The van der Waals surface area contributed by atoms with E-state index in [4.69, 9.17) is 9.47 Å². The second-order valence-corrected chi connectivity index (χ2v) is 5.87. The fourth-order valence-electron chi connectivity index (χ4n) is 2.70. The van der Waals surface area contributed by atoms with Gasteiger partial charge in [0.25, 0.3) is 0 Å². The van der Waals surface area contributed by atoms with Crippen LogP contribution in [0.15, 0.2) is 24.3 Å². The van der Waals surface area contributed by atoms with Gasteiger partial charge in [0.15, 0.2) is 0 Å². The van der Waals surface area contributed by atoms with Crippen molar-refractivity contribution < 1.29 is 9.47 Å². The summed E-state index contributed by atoms with van der Waals surface area (Å²) >= 11 is 0. The van der Waals surface area contributed by atoms with Crippen molar-refractivity contribution in [2.45, 2.75) is 51.5 Å². The Morgan fingerprint density at radius 3 is 2.76 bits per heavy atom. The molecule has 0 saturated carbocycles. The van der Waals surface area contributed by atoms with Crippen LogP contribution in [0.2, 0.25) is 0 Å². The van der Waals surface area contributed by atoms with Crippen LogP contribution in [-0.4, -0.2) is 32.4 Å². The summed E-state index contributed by atoms with van der Waals surface area (Å²) in [6, 6.07) is 8.85. The average molecular weight is 291 g/mol. The lowest BCUT2D eigenvalue weighted by Gasteiger charge is -2.23. The van der Waals surface area contributed by atoms with E-state index >= 15 is 0 Å². The van der Waals surface area contributed by atoms with Crippen LogP contribution in [0.3, 0.4) is 0 Å². The first kappa shape index (κ1) is 16.3. The van der Waals surface area contributed by atoms with Crippen LogP contribution < -0.4 is 10.1 Å². The van der Waals surface area contributed by atoms with Crippen LogP contribution in [0, 0.1) is 6.92 Å². The highest BCUT2D eigenvalue weighted by Crippen LogP contribution is 2.16. The van der Waals surface area contributed by atoms with E-state index in [0.29, 0.717) is 6.04 Å². The van der Waals surface area contributed by atoms with Gasteiger partial charge in [-0.2, -0.15) is 0 Å². The Morgan fingerprint density at radius 1 is 1.10 bits per heavy atom. The zero-order chi connectivity index (χ0) is 14.8. The van der Waals surface area contributed by atoms with Crippen molar-refractivity contribution >= 4 is 0 Å². The monoisotopic (exact) mass is 291 g/mol. The molecular formula is C18H29NO2. The lowest BCUT2D eigenvalue weighted by Crippen LogP contribution is -2.34. The second-order valence-electron chi connectivity index (χ2n) is 5.87. The Bertz CT molecular complexity index is 389. The first-order valence-corrected chi connectivity index (χ1v) is 8.36. The zero-order valence-electron chi connectivity index (χ0n) is 13.3. The van der Waals surface area contributed by atoms with Crippen LogP contribution in [0.5, 0.6) is 5.75 Å². The molecule has 1 fully saturated rings. The molecule has 2 rings (SSSR count). The maximum absolute atomic E-state index is 5.77. The highest BCUT2D eigenvalue weighted by atomic mass is 16.5. The molecule has 1 saturated heterocycles. The van der Waals surface area contributed by atoms with Crippen molar-refractivity contribution in [1.82, 2.24) is 5.32 Å². The molecule has 1 unspecified atom stereocenters. The lowest BCUT2D eigenvalue weighted by atomic mass is 10.0. The van der Waals surface area contributed by atoms with E-state index in [1.165, 1.54) is 31.4 Å². The van der Waals surface area contributed by atoms with Gasteiger partial charge < -0.3 is 14.8 Å². The summed E-state index contributed by atoms with van der Waals surface area (Å²) in [7, 11) is 0. The Morgan fingerprint density at radius 2 is 1.95 bits per heavy atom. The van der Waals surface area contributed by atoms with Gasteiger partial charge in [0.05, 0.1) is 6.61 Å². The molecule has 21 heavy (non-hydrogen) atoms. The minimum Gasteiger partial charge on any atom is -0.493 e. The predicted octanol–water partition coefficient (Wildman–Crippen LogP) is 3.70. The summed E-state index contributed by atoms with van der Waals surface area (Å²) in [5, 5.41) is 3.55. The van der Waals surface area contributed by atoms with Gasteiger partial charge in [0, 0.05) is 19.3 Å². The Labute approximate surface area is 129 Å². The maximum atomic E-state index is 5.77. The molecule has 0 aliphatic carbocycles.